The third-order valence-electron chi connectivity index (χ3n) is 7.54. The van der Waals surface area contributed by atoms with E-state index in [1.54, 1.807) is 30.3 Å². The Balaban J connectivity index is 1.36. The minimum Gasteiger partial charge on any atom is -0.494 e. The minimum atomic E-state index is -0.704. The second-order valence-corrected chi connectivity index (χ2v) is 11.0. The van der Waals surface area contributed by atoms with Crippen LogP contribution in [0.15, 0.2) is 103 Å². The van der Waals surface area contributed by atoms with Gasteiger partial charge in [0.25, 0.3) is 0 Å². The summed E-state index contributed by atoms with van der Waals surface area (Å²) in [6.45, 7) is 5.15. The third kappa shape index (κ3) is 9.54. The van der Waals surface area contributed by atoms with E-state index in [1.165, 1.54) is 7.11 Å². The number of carbonyl (C=O) groups is 3. The van der Waals surface area contributed by atoms with E-state index >= 15 is 0 Å². The molecule has 1 atom stereocenters. The summed E-state index contributed by atoms with van der Waals surface area (Å²) in [5.74, 6) is 0.284. The number of ether oxygens (including phenoxy) is 2. The van der Waals surface area contributed by atoms with Crippen LogP contribution in [0.5, 0.6) is 5.75 Å². The highest BCUT2D eigenvalue weighted by Gasteiger charge is 2.23. The van der Waals surface area contributed by atoms with Gasteiger partial charge in [0, 0.05) is 41.9 Å². The van der Waals surface area contributed by atoms with Crippen LogP contribution in [0.3, 0.4) is 0 Å². The van der Waals surface area contributed by atoms with Crippen LogP contribution in [0.4, 0.5) is 11.4 Å². The van der Waals surface area contributed by atoms with Gasteiger partial charge in [0.1, 0.15) is 11.8 Å². The van der Waals surface area contributed by atoms with Crippen molar-refractivity contribution >= 4 is 29.0 Å². The predicted octanol–water partition coefficient (Wildman–Crippen LogP) is 7.41. The van der Waals surface area contributed by atoms with Crippen molar-refractivity contribution in [1.29, 1.82) is 0 Å². The Bertz CT molecular complexity index is 1550. The van der Waals surface area contributed by atoms with Crippen LogP contribution in [0.25, 0.3) is 0 Å². The molecule has 45 heavy (non-hydrogen) atoms. The Morgan fingerprint density at radius 1 is 0.844 bits per heavy atom. The zero-order valence-electron chi connectivity index (χ0n) is 26.3. The number of carbonyl (C=O) groups excluding carboxylic acids is 3. The number of esters is 1. The van der Waals surface area contributed by atoms with Crippen molar-refractivity contribution in [1.82, 2.24) is 0 Å². The molecule has 0 aliphatic carbocycles. The van der Waals surface area contributed by atoms with Gasteiger partial charge in [-0.3, -0.25) is 9.59 Å². The molecule has 4 aromatic rings. The van der Waals surface area contributed by atoms with Crippen LogP contribution in [0.1, 0.15) is 59.7 Å². The number of hydrogen-bond donors (Lipinski definition) is 1. The molecule has 1 amide bonds. The van der Waals surface area contributed by atoms with E-state index in [4.69, 9.17) is 9.47 Å². The quantitative estimate of drug-likeness (QED) is 0.0812. The van der Waals surface area contributed by atoms with Gasteiger partial charge in [0.05, 0.1) is 13.7 Å². The summed E-state index contributed by atoms with van der Waals surface area (Å²) in [5, 5.41) is 3.24. The lowest BCUT2D eigenvalue weighted by molar-refractivity contribution is -0.141. The first-order valence-corrected chi connectivity index (χ1v) is 15.5. The summed E-state index contributed by atoms with van der Waals surface area (Å²) < 4.78 is 11.1. The summed E-state index contributed by atoms with van der Waals surface area (Å²) in [4.78, 5) is 40.8. The van der Waals surface area contributed by atoms with Crippen molar-refractivity contribution in [2.24, 2.45) is 0 Å². The molecular weight excluding hydrogens is 564 g/mol. The topological polar surface area (TPSA) is 84.9 Å². The molecule has 0 aliphatic rings. The standard InChI is InChI=1S/C38H42N2O5/c1-4-5-19-36(41)40(31-16-11-13-28(2)26-31)24-12-25-45-32-22-20-29(21-23-32)27-35(38(43)44-3)39-34-18-10-9-17-33(34)37(42)30-14-7-6-8-15-30/h6-11,13-18,20-23,26,35,39H,4-5,12,19,24-25,27H2,1-3H3/t35-/m0/s1. The van der Waals surface area contributed by atoms with Crippen molar-refractivity contribution in [2.75, 3.05) is 30.5 Å². The SMILES string of the molecule is CCCCC(=O)N(CCCOc1ccc(C[C@H](Nc2ccccc2C(=O)c2ccccc2)C(=O)OC)cc1)c1cccc(C)c1. The van der Waals surface area contributed by atoms with E-state index in [-0.39, 0.29) is 11.7 Å². The van der Waals surface area contributed by atoms with Crippen LogP contribution < -0.4 is 15.0 Å². The zero-order chi connectivity index (χ0) is 32.0. The van der Waals surface area contributed by atoms with Gasteiger partial charge >= 0.3 is 5.97 Å². The molecule has 0 fully saturated rings. The van der Waals surface area contributed by atoms with Gasteiger partial charge in [-0.25, -0.2) is 4.79 Å². The molecule has 234 valence electrons. The Labute approximate surface area is 266 Å². The first kappa shape index (κ1) is 33.0. The molecule has 0 saturated heterocycles. The molecule has 0 aromatic heterocycles. The van der Waals surface area contributed by atoms with E-state index in [0.717, 1.165) is 29.7 Å². The Hall–Kier alpha value is -4.91. The smallest absolute Gasteiger partial charge is 0.328 e. The fourth-order valence-corrected chi connectivity index (χ4v) is 5.10. The maximum atomic E-state index is 13.2. The monoisotopic (exact) mass is 606 g/mol. The van der Waals surface area contributed by atoms with Crippen molar-refractivity contribution in [3.05, 3.63) is 125 Å². The average Bonchev–Trinajstić information content (AvgIpc) is 3.07. The van der Waals surface area contributed by atoms with E-state index in [0.29, 0.717) is 55.0 Å². The van der Waals surface area contributed by atoms with Crippen LogP contribution in [-0.4, -0.2) is 44.0 Å². The summed E-state index contributed by atoms with van der Waals surface area (Å²) >= 11 is 0. The number of amides is 1. The molecule has 1 N–H and O–H groups in total. The molecule has 0 spiro atoms. The number of hydrogen-bond acceptors (Lipinski definition) is 6. The normalized spacial score (nSPS) is 11.4. The summed E-state index contributed by atoms with van der Waals surface area (Å²) in [6, 6.07) is 31.1. The third-order valence-corrected chi connectivity index (χ3v) is 7.54. The lowest BCUT2D eigenvalue weighted by Crippen LogP contribution is -2.33. The van der Waals surface area contributed by atoms with Crippen LogP contribution in [0.2, 0.25) is 0 Å². The maximum absolute atomic E-state index is 13.2. The highest BCUT2D eigenvalue weighted by atomic mass is 16.5. The second kappa shape index (κ2) is 16.8. The minimum absolute atomic E-state index is 0.129. The van der Waals surface area contributed by atoms with Crippen molar-refractivity contribution in [3.63, 3.8) is 0 Å². The molecule has 7 nitrogen and oxygen atoms in total. The van der Waals surface area contributed by atoms with Crippen molar-refractivity contribution < 1.29 is 23.9 Å². The van der Waals surface area contributed by atoms with Gasteiger partial charge in [0.15, 0.2) is 5.78 Å². The van der Waals surface area contributed by atoms with Crippen molar-refractivity contribution in [2.45, 2.75) is 52.0 Å². The van der Waals surface area contributed by atoms with Gasteiger partial charge in [-0.05, 0) is 67.3 Å². The summed E-state index contributed by atoms with van der Waals surface area (Å²) in [7, 11) is 1.35. The number of ketones is 1. The Morgan fingerprint density at radius 2 is 1.58 bits per heavy atom. The lowest BCUT2D eigenvalue weighted by Gasteiger charge is -2.23. The van der Waals surface area contributed by atoms with Crippen LogP contribution >= 0.6 is 0 Å². The number of anilines is 2. The van der Waals surface area contributed by atoms with Gasteiger partial charge < -0.3 is 19.7 Å². The van der Waals surface area contributed by atoms with Crippen LogP contribution in [0, 0.1) is 6.92 Å². The molecule has 0 bridgehead atoms. The van der Waals surface area contributed by atoms with Gasteiger partial charge in [0.2, 0.25) is 5.91 Å². The number of methoxy groups -OCH3 is 1. The molecule has 0 saturated carbocycles. The number of para-hydroxylation sites is 1. The summed E-state index contributed by atoms with van der Waals surface area (Å²) in [5.41, 5.74) is 4.56. The first-order valence-electron chi connectivity index (χ1n) is 15.5. The second-order valence-electron chi connectivity index (χ2n) is 11.0. The van der Waals surface area contributed by atoms with E-state index in [9.17, 15) is 14.4 Å². The highest BCUT2D eigenvalue weighted by Crippen LogP contribution is 2.23. The van der Waals surface area contributed by atoms with Gasteiger partial charge in [-0.1, -0.05) is 80.1 Å². The molecular formula is C38H42N2O5. The van der Waals surface area contributed by atoms with Crippen molar-refractivity contribution in [3.8, 4) is 5.75 Å². The summed E-state index contributed by atoms with van der Waals surface area (Å²) in [6.07, 6.45) is 3.41. The average molecular weight is 607 g/mol. The van der Waals surface area contributed by atoms with Gasteiger partial charge in [-0.2, -0.15) is 0 Å². The number of rotatable bonds is 16. The molecule has 0 radical (unpaired) electrons. The van der Waals surface area contributed by atoms with E-state index < -0.39 is 12.0 Å². The number of nitrogens with one attached hydrogen (secondary N) is 1. The number of nitrogens with zero attached hydrogens (tertiary/aromatic N) is 1. The first-order chi connectivity index (χ1) is 21.9. The predicted molar refractivity (Wildman–Crippen MR) is 179 cm³/mol. The van der Waals surface area contributed by atoms with Gasteiger partial charge in [-0.15, -0.1) is 0 Å². The van der Waals surface area contributed by atoms with Crippen LogP contribution in [-0.2, 0) is 20.7 Å². The fraction of sp³-hybridized carbons (Fsp3) is 0.289. The lowest BCUT2D eigenvalue weighted by atomic mass is 10.00. The highest BCUT2D eigenvalue weighted by molar-refractivity contribution is 6.12. The molecule has 0 unspecified atom stereocenters. The largest absolute Gasteiger partial charge is 0.494 e. The molecule has 4 rings (SSSR count). The number of aryl methyl sites for hydroxylation is 1. The molecule has 0 heterocycles. The molecule has 7 heteroatoms. The molecule has 4 aromatic carbocycles. The van der Waals surface area contributed by atoms with E-state index in [2.05, 4.69) is 12.2 Å². The number of unbranched alkanes of at least 4 members (excludes halogenated alkanes) is 1. The van der Waals surface area contributed by atoms with E-state index in [1.807, 2.05) is 84.6 Å². The number of benzene rings is 4. The maximum Gasteiger partial charge on any atom is 0.328 e. The zero-order valence-corrected chi connectivity index (χ0v) is 26.3. The molecule has 0 aliphatic heterocycles. The Kier molecular flexibility index (Phi) is 12.3. The Morgan fingerprint density at radius 3 is 2.29 bits per heavy atom. The fourth-order valence-electron chi connectivity index (χ4n) is 5.10.